The van der Waals surface area contributed by atoms with E-state index in [1.807, 2.05) is 48.7 Å². The molecule has 0 aliphatic rings. The van der Waals surface area contributed by atoms with E-state index in [-0.39, 0.29) is 18.1 Å². The number of aromatic nitrogens is 4. The first-order chi connectivity index (χ1) is 17.3. The number of rotatable bonds is 5. The fourth-order valence-electron chi connectivity index (χ4n) is 4.48. The minimum absolute atomic E-state index is 0.149. The van der Waals surface area contributed by atoms with Gasteiger partial charge in [-0.2, -0.15) is 5.26 Å². The zero-order valence-electron chi connectivity index (χ0n) is 19.7. The van der Waals surface area contributed by atoms with E-state index in [2.05, 4.69) is 32.4 Å². The van der Waals surface area contributed by atoms with Gasteiger partial charge in [0.25, 0.3) is 5.91 Å². The molecule has 0 aliphatic heterocycles. The third kappa shape index (κ3) is 4.32. The number of nitrogen functional groups attached to an aromatic ring is 1. The number of carbonyl (C=O) groups is 1. The van der Waals surface area contributed by atoms with Crippen molar-refractivity contribution in [2.24, 2.45) is 0 Å². The molecule has 2 aromatic carbocycles. The van der Waals surface area contributed by atoms with E-state index in [9.17, 15) is 10.1 Å². The summed E-state index contributed by atoms with van der Waals surface area (Å²) >= 11 is 6.17. The van der Waals surface area contributed by atoms with Crippen LogP contribution in [-0.2, 0) is 13.1 Å². The molecule has 5 rings (SSSR count). The number of nitrogens with one attached hydrogen (secondary N) is 1. The minimum atomic E-state index is -0.328. The highest BCUT2D eigenvalue weighted by Gasteiger charge is 2.21. The van der Waals surface area contributed by atoms with Gasteiger partial charge in [0.2, 0.25) is 0 Å². The molecule has 0 spiro atoms. The molecule has 0 atom stereocenters. The first-order valence-corrected chi connectivity index (χ1v) is 11.6. The number of anilines is 1. The van der Waals surface area contributed by atoms with Crippen LogP contribution >= 0.6 is 11.6 Å². The first-order valence-electron chi connectivity index (χ1n) is 11.3. The van der Waals surface area contributed by atoms with Crippen LogP contribution in [0.5, 0.6) is 0 Å². The molecule has 0 unspecified atom stereocenters. The SMILES string of the molecule is Cc1cc(N)nc(C)c1CNC(=O)c1cn(Cc2ccc3ccc(Cl)cc3c2)c2ncnc(C#N)c12. The number of hydrogen-bond donors (Lipinski definition) is 2. The van der Waals surface area contributed by atoms with Crippen LogP contribution in [0.2, 0.25) is 5.02 Å². The third-order valence-electron chi connectivity index (χ3n) is 6.22. The van der Waals surface area contributed by atoms with E-state index >= 15 is 0 Å². The third-order valence-corrected chi connectivity index (χ3v) is 6.46. The lowest BCUT2D eigenvalue weighted by Crippen LogP contribution is -2.24. The lowest BCUT2D eigenvalue weighted by Gasteiger charge is -2.11. The summed E-state index contributed by atoms with van der Waals surface area (Å²) in [6.45, 7) is 4.51. The molecule has 3 aromatic heterocycles. The average Bonchev–Trinajstić information content (AvgIpc) is 3.21. The van der Waals surface area contributed by atoms with Crippen LogP contribution in [0.15, 0.2) is 55.0 Å². The van der Waals surface area contributed by atoms with E-state index in [0.29, 0.717) is 34.0 Å². The molecule has 3 N–H and O–H groups in total. The van der Waals surface area contributed by atoms with Gasteiger partial charge < -0.3 is 15.6 Å². The second kappa shape index (κ2) is 9.29. The van der Waals surface area contributed by atoms with Crippen molar-refractivity contribution in [3.63, 3.8) is 0 Å². The van der Waals surface area contributed by atoms with Crippen molar-refractivity contribution in [1.29, 1.82) is 5.26 Å². The quantitative estimate of drug-likeness (QED) is 0.365. The molecule has 36 heavy (non-hydrogen) atoms. The molecule has 3 heterocycles. The highest BCUT2D eigenvalue weighted by molar-refractivity contribution is 6.31. The summed E-state index contributed by atoms with van der Waals surface area (Å²) in [5, 5.41) is 15.8. The number of hydrogen-bond acceptors (Lipinski definition) is 6. The molecule has 8 nitrogen and oxygen atoms in total. The van der Waals surface area contributed by atoms with E-state index < -0.39 is 0 Å². The second-order valence-corrected chi connectivity index (χ2v) is 9.08. The number of aryl methyl sites for hydroxylation is 2. The summed E-state index contributed by atoms with van der Waals surface area (Å²) in [5.74, 6) is 0.112. The number of nitrogens with two attached hydrogens (primary N) is 1. The van der Waals surface area contributed by atoms with Gasteiger partial charge in [-0.25, -0.2) is 15.0 Å². The Kier molecular flexibility index (Phi) is 6.00. The van der Waals surface area contributed by atoms with E-state index in [4.69, 9.17) is 17.3 Å². The Morgan fingerprint density at radius 3 is 2.72 bits per heavy atom. The Morgan fingerprint density at radius 1 is 1.14 bits per heavy atom. The number of benzene rings is 2. The molecule has 0 bridgehead atoms. The topological polar surface area (TPSA) is 123 Å². The van der Waals surface area contributed by atoms with Crippen LogP contribution < -0.4 is 11.1 Å². The van der Waals surface area contributed by atoms with Gasteiger partial charge in [-0.15, -0.1) is 0 Å². The van der Waals surface area contributed by atoms with Gasteiger partial charge in [0.05, 0.1) is 10.9 Å². The van der Waals surface area contributed by atoms with Crippen LogP contribution in [0.3, 0.4) is 0 Å². The Bertz CT molecular complexity index is 1680. The molecular weight excluding hydrogens is 474 g/mol. The molecule has 0 saturated heterocycles. The standard InChI is InChI=1S/C27H22ClN7O/c1-15-7-24(30)34-16(2)21(15)11-31-27(36)22-13-35(26-25(22)23(10-29)32-14-33-26)12-17-3-4-18-5-6-20(28)9-19(18)8-17/h3-9,13-14H,11-12H2,1-2H3,(H2,30,34)(H,31,36). The van der Waals surface area contributed by atoms with Crippen molar-refractivity contribution < 1.29 is 4.79 Å². The summed E-state index contributed by atoms with van der Waals surface area (Å²) in [6.07, 6.45) is 3.06. The Labute approximate surface area is 212 Å². The van der Waals surface area contributed by atoms with Gasteiger partial charge in [-0.05, 0) is 65.6 Å². The first kappa shape index (κ1) is 23.3. The largest absolute Gasteiger partial charge is 0.384 e. The molecule has 0 fully saturated rings. The molecule has 178 valence electrons. The summed E-state index contributed by atoms with van der Waals surface area (Å²) in [6, 6.07) is 15.7. The van der Waals surface area contributed by atoms with Gasteiger partial charge in [0.1, 0.15) is 23.9 Å². The van der Waals surface area contributed by atoms with Crippen LogP contribution in [0, 0.1) is 25.2 Å². The molecule has 5 aromatic rings. The lowest BCUT2D eigenvalue weighted by atomic mass is 10.1. The summed E-state index contributed by atoms with van der Waals surface area (Å²) in [7, 11) is 0. The number of nitriles is 1. The number of carbonyl (C=O) groups excluding carboxylic acids is 1. The van der Waals surface area contributed by atoms with Crippen molar-refractivity contribution >= 4 is 45.1 Å². The van der Waals surface area contributed by atoms with Gasteiger partial charge in [0, 0.05) is 30.0 Å². The zero-order valence-corrected chi connectivity index (χ0v) is 20.5. The maximum absolute atomic E-state index is 13.3. The summed E-state index contributed by atoms with van der Waals surface area (Å²) in [4.78, 5) is 26.1. The van der Waals surface area contributed by atoms with Crippen LogP contribution in [0.25, 0.3) is 21.8 Å². The molecular formula is C27H22ClN7O. The zero-order chi connectivity index (χ0) is 25.4. The van der Waals surface area contributed by atoms with Crippen molar-refractivity contribution in [2.75, 3.05) is 5.73 Å². The molecule has 1 amide bonds. The predicted molar refractivity (Wildman–Crippen MR) is 140 cm³/mol. The normalized spacial score (nSPS) is 11.1. The maximum atomic E-state index is 13.3. The predicted octanol–water partition coefficient (Wildman–Crippen LogP) is 4.68. The smallest absolute Gasteiger partial charge is 0.253 e. The fraction of sp³-hybridized carbons (Fsp3) is 0.148. The van der Waals surface area contributed by atoms with Gasteiger partial charge >= 0.3 is 0 Å². The molecule has 0 saturated carbocycles. The maximum Gasteiger partial charge on any atom is 0.253 e. The Balaban J connectivity index is 1.51. The number of fused-ring (bicyclic) bond motifs is 2. The van der Waals surface area contributed by atoms with Crippen LogP contribution in [0.4, 0.5) is 5.82 Å². The highest BCUT2D eigenvalue weighted by Crippen LogP contribution is 2.25. The van der Waals surface area contributed by atoms with Crippen molar-refractivity contribution in [3.05, 3.63) is 93.7 Å². The van der Waals surface area contributed by atoms with Gasteiger partial charge in [-0.3, -0.25) is 4.79 Å². The summed E-state index contributed by atoms with van der Waals surface area (Å²) in [5.41, 5.74) is 10.4. The summed E-state index contributed by atoms with van der Waals surface area (Å²) < 4.78 is 1.86. The van der Waals surface area contributed by atoms with E-state index in [0.717, 1.165) is 33.2 Å². The van der Waals surface area contributed by atoms with Gasteiger partial charge in [0.15, 0.2) is 5.69 Å². The molecule has 9 heteroatoms. The van der Waals surface area contributed by atoms with Crippen LogP contribution in [-0.4, -0.2) is 25.4 Å². The highest BCUT2D eigenvalue weighted by atomic mass is 35.5. The number of pyridine rings is 1. The Hall–Kier alpha value is -4.48. The van der Waals surface area contributed by atoms with E-state index in [1.54, 1.807) is 12.3 Å². The average molecular weight is 496 g/mol. The van der Waals surface area contributed by atoms with Gasteiger partial charge in [-0.1, -0.05) is 29.8 Å². The second-order valence-electron chi connectivity index (χ2n) is 8.64. The number of nitrogens with zero attached hydrogens (tertiary/aromatic N) is 5. The Morgan fingerprint density at radius 2 is 1.94 bits per heavy atom. The fourth-order valence-corrected chi connectivity index (χ4v) is 4.66. The lowest BCUT2D eigenvalue weighted by molar-refractivity contribution is 0.0952. The van der Waals surface area contributed by atoms with Crippen LogP contribution in [0.1, 0.15) is 38.4 Å². The van der Waals surface area contributed by atoms with E-state index in [1.165, 1.54) is 6.33 Å². The van der Waals surface area contributed by atoms with Crippen molar-refractivity contribution in [1.82, 2.24) is 24.8 Å². The molecule has 0 aliphatic carbocycles. The van der Waals surface area contributed by atoms with Crippen molar-refractivity contribution in [3.8, 4) is 6.07 Å². The molecule has 0 radical (unpaired) electrons. The minimum Gasteiger partial charge on any atom is -0.384 e. The number of amides is 1. The number of halogens is 1. The monoisotopic (exact) mass is 495 g/mol. The van der Waals surface area contributed by atoms with Crippen molar-refractivity contribution in [2.45, 2.75) is 26.9 Å².